The van der Waals surface area contributed by atoms with Crippen molar-refractivity contribution in [3.63, 3.8) is 0 Å². The van der Waals surface area contributed by atoms with Crippen molar-refractivity contribution in [3.8, 4) is 0 Å². The molecule has 1 heterocycles. The number of pyridine rings is 1. The lowest BCUT2D eigenvalue weighted by Gasteiger charge is -2.20. The van der Waals surface area contributed by atoms with Crippen LogP contribution in [0.15, 0.2) is 39.4 Å². The van der Waals surface area contributed by atoms with Crippen LogP contribution in [0.1, 0.15) is 24.2 Å². The molecule has 0 amide bonds. The van der Waals surface area contributed by atoms with Crippen LogP contribution in [0.2, 0.25) is 0 Å². The molecule has 21 heavy (non-hydrogen) atoms. The monoisotopic (exact) mass is 418 g/mol. The summed E-state index contributed by atoms with van der Waals surface area (Å²) in [5.41, 5.74) is 1.56. The third-order valence-electron chi connectivity index (χ3n) is 3.09. The van der Waals surface area contributed by atoms with Crippen molar-refractivity contribution in [2.45, 2.75) is 19.4 Å². The van der Waals surface area contributed by atoms with Gasteiger partial charge in [-0.15, -0.1) is 0 Å². The number of hydrogen-bond acceptors (Lipinski definition) is 2. The van der Waals surface area contributed by atoms with E-state index in [0.29, 0.717) is 18.5 Å². The lowest BCUT2D eigenvalue weighted by Crippen LogP contribution is -2.24. The Balaban J connectivity index is 2.30. The smallest absolute Gasteiger partial charge is 0.173 e. The Bertz CT molecular complexity index is 618. The van der Waals surface area contributed by atoms with Crippen LogP contribution in [-0.4, -0.2) is 11.5 Å². The molecule has 0 aliphatic carbocycles. The Kier molecular flexibility index (Phi) is 5.84. The third-order valence-corrected chi connectivity index (χ3v) is 4.37. The molecule has 2 aromatic rings. The molecule has 0 spiro atoms. The Morgan fingerprint density at radius 1 is 1.19 bits per heavy atom. The first-order valence-electron chi connectivity index (χ1n) is 6.50. The molecule has 1 aromatic heterocycles. The van der Waals surface area contributed by atoms with Gasteiger partial charge in [0.25, 0.3) is 0 Å². The lowest BCUT2D eigenvalue weighted by atomic mass is 10.0. The molecule has 6 heteroatoms. The van der Waals surface area contributed by atoms with E-state index in [0.717, 1.165) is 16.2 Å². The Morgan fingerprint density at radius 2 is 1.95 bits per heavy atom. The molecule has 0 saturated carbocycles. The highest BCUT2D eigenvalue weighted by molar-refractivity contribution is 9.10. The maximum atomic E-state index is 13.7. The first kappa shape index (κ1) is 16.5. The molecule has 1 unspecified atom stereocenters. The zero-order valence-corrected chi connectivity index (χ0v) is 14.5. The van der Waals surface area contributed by atoms with Crippen molar-refractivity contribution in [1.82, 2.24) is 10.3 Å². The first-order valence-corrected chi connectivity index (χ1v) is 8.08. The molecule has 112 valence electrons. The minimum atomic E-state index is -0.862. The number of nitrogens with one attached hydrogen (secondary N) is 1. The largest absolute Gasteiger partial charge is 0.310 e. The van der Waals surface area contributed by atoms with Gasteiger partial charge in [-0.3, -0.25) is 4.98 Å². The van der Waals surface area contributed by atoms with Gasteiger partial charge in [-0.1, -0.05) is 13.0 Å². The van der Waals surface area contributed by atoms with Gasteiger partial charge in [0.1, 0.15) is 0 Å². The van der Waals surface area contributed by atoms with E-state index < -0.39 is 11.6 Å². The Labute approximate surface area is 139 Å². The van der Waals surface area contributed by atoms with Gasteiger partial charge in [0, 0.05) is 28.8 Å². The highest BCUT2D eigenvalue weighted by Crippen LogP contribution is 2.29. The van der Waals surface area contributed by atoms with Crippen LogP contribution < -0.4 is 5.32 Å². The van der Waals surface area contributed by atoms with Crippen LogP contribution in [0.3, 0.4) is 0 Å². The number of hydrogen-bond donors (Lipinski definition) is 1. The summed E-state index contributed by atoms with van der Waals surface area (Å²) in [6.45, 7) is 2.68. The van der Waals surface area contributed by atoms with E-state index in [2.05, 4.69) is 42.2 Å². The van der Waals surface area contributed by atoms with Crippen LogP contribution >= 0.6 is 31.9 Å². The molecule has 2 nitrogen and oxygen atoms in total. The van der Waals surface area contributed by atoms with Crippen molar-refractivity contribution < 1.29 is 8.78 Å². The molecule has 1 N–H and O–H groups in total. The fourth-order valence-electron chi connectivity index (χ4n) is 2.08. The number of rotatable bonds is 5. The van der Waals surface area contributed by atoms with Gasteiger partial charge in [-0.05, 0) is 62.2 Å². The van der Waals surface area contributed by atoms with Gasteiger partial charge in [0.05, 0.1) is 4.47 Å². The quantitative estimate of drug-likeness (QED) is 0.705. The lowest BCUT2D eigenvalue weighted by molar-refractivity contribution is 0.490. The number of aromatic nitrogens is 1. The average Bonchev–Trinajstić information content (AvgIpc) is 2.47. The molecule has 0 aliphatic heterocycles. The molecule has 0 saturated heterocycles. The van der Waals surface area contributed by atoms with Gasteiger partial charge in [0.15, 0.2) is 11.6 Å². The molecule has 0 aliphatic rings. The zero-order valence-electron chi connectivity index (χ0n) is 11.3. The fraction of sp³-hybridized carbons (Fsp3) is 0.267. The highest BCUT2D eigenvalue weighted by Gasteiger charge is 2.19. The van der Waals surface area contributed by atoms with E-state index in [4.69, 9.17) is 0 Å². The topological polar surface area (TPSA) is 24.9 Å². The minimum absolute atomic E-state index is 0.145. The summed E-state index contributed by atoms with van der Waals surface area (Å²) in [6.07, 6.45) is 2.31. The average molecular weight is 420 g/mol. The fourth-order valence-corrected chi connectivity index (χ4v) is 2.92. The summed E-state index contributed by atoms with van der Waals surface area (Å²) in [4.78, 5) is 4.33. The van der Waals surface area contributed by atoms with Crippen molar-refractivity contribution in [3.05, 3.63) is 62.3 Å². The SMILES string of the molecule is CCNC(Cc1ccc(Br)cn1)c1ccc(F)c(F)c1Br. The van der Waals surface area contributed by atoms with Crippen molar-refractivity contribution in [2.75, 3.05) is 6.54 Å². The Hall–Kier alpha value is -0.850. The van der Waals surface area contributed by atoms with E-state index in [9.17, 15) is 8.78 Å². The van der Waals surface area contributed by atoms with Crippen LogP contribution in [0, 0.1) is 11.6 Å². The molecule has 0 bridgehead atoms. The maximum absolute atomic E-state index is 13.7. The molecule has 0 fully saturated rings. The number of halogens is 4. The van der Waals surface area contributed by atoms with Gasteiger partial charge in [-0.2, -0.15) is 0 Å². The summed E-state index contributed by atoms with van der Waals surface area (Å²) in [6, 6.07) is 6.41. The second-order valence-corrected chi connectivity index (χ2v) is 6.26. The number of nitrogens with zero attached hydrogens (tertiary/aromatic N) is 1. The summed E-state index contributed by atoms with van der Waals surface area (Å²) >= 11 is 6.48. The van der Waals surface area contributed by atoms with E-state index in [1.807, 2.05) is 19.1 Å². The molecule has 1 aromatic carbocycles. The van der Waals surface area contributed by atoms with Gasteiger partial charge >= 0.3 is 0 Å². The predicted octanol–water partition coefficient (Wildman–Crippen LogP) is 4.78. The zero-order chi connectivity index (χ0) is 15.4. The predicted molar refractivity (Wildman–Crippen MR) is 86.1 cm³/mol. The first-order chi connectivity index (χ1) is 10.0. The van der Waals surface area contributed by atoms with E-state index in [-0.39, 0.29) is 10.5 Å². The summed E-state index contributed by atoms with van der Waals surface area (Å²) in [5.74, 6) is -1.72. The molecular formula is C15H14Br2F2N2. The van der Waals surface area contributed by atoms with E-state index in [1.165, 1.54) is 0 Å². The van der Waals surface area contributed by atoms with Crippen LogP contribution in [0.25, 0.3) is 0 Å². The second kappa shape index (κ2) is 7.42. The van der Waals surface area contributed by atoms with Crippen LogP contribution in [0.4, 0.5) is 8.78 Å². The van der Waals surface area contributed by atoms with E-state index in [1.54, 1.807) is 12.3 Å². The van der Waals surface area contributed by atoms with Crippen molar-refractivity contribution in [2.24, 2.45) is 0 Å². The van der Waals surface area contributed by atoms with Crippen LogP contribution in [0.5, 0.6) is 0 Å². The van der Waals surface area contributed by atoms with Gasteiger partial charge < -0.3 is 5.32 Å². The summed E-state index contributed by atoms with van der Waals surface area (Å²) < 4.78 is 28.0. The summed E-state index contributed by atoms with van der Waals surface area (Å²) in [5, 5.41) is 3.28. The van der Waals surface area contributed by atoms with Gasteiger partial charge in [0.2, 0.25) is 0 Å². The Morgan fingerprint density at radius 3 is 2.57 bits per heavy atom. The molecule has 2 rings (SSSR count). The minimum Gasteiger partial charge on any atom is -0.310 e. The standard InChI is InChI=1S/C15H14Br2F2N2/c1-2-20-13(7-10-4-3-9(16)8-21-10)11-5-6-12(18)15(19)14(11)17/h3-6,8,13,20H,2,7H2,1H3. The normalized spacial score (nSPS) is 12.4. The third kappa shape index (κ3) is 4.08. The number of benzene rings is 1. The summed E-state index contributed by atoms with van der Waals surface area (Å²) in [7, 11) is 0. The molecule has 0 radical (unpaired) electrons. The van der Waals surface area contributed by atoms with Gasteiger partial charge in [-0.25, -0.2) is 8.78 Å². The van der Waals surface area contributed by atoms with Crippen molar-refractivity contribution >= 4 is 31.9 Å². The van der Waals surface area contributed by atoms with E-state index >= 15 is 0 Å². The highest BCUT2D eigenvalue weighted by atomic mass is 79.9. The molecule has 1 atom stereocenters. The van der Waals surface area contributed by atoms with Crippen LogP contribution in [-0.2, 0) is 6.42 Å². The maximum Gasteiger partial charge on any atom is 0.173 e. The molecular weight excluding hydrogens is 406 g/mol. The van der Waals surface area contributed by atoms with Crippen molar-refractivity contribution in [1.29, 1.82) is 0 Å². The second-order valence-electron chi connectivity index (χ2n) is 4.55. The number of likely N-dealkylation sites (N-methyl/N-ethyl adjacent to an activating group) is 1.